The van der Waals surface area contributed by atoms with E-state index in [4.69, 9.17) is 9.52 Å². The molecule has 8 heteroatoms. The van der Waals surface area contributed by atoms with Gasteiger partial charge < -0.3 is 9.52 Å². The van der Waals surface area contributed by atoms with Gasteiger partial charge in [0.15, 0.2) is 0 Å². The summed E-state index contributed by atoms with van der Waals surface area (Å²) in [6, 6.07) is 6.20. The van der Waals surface area contributed by atoms with Crippen LogP contribution in [0.5, 0.6) is 0 Å². The van der Waals surface area contributed by atoms with E-state index in [-0.39, 0.29) is 5.56 Å². The van der Waals surface area contributed by atoms with Gasteiger partial charge in [0.25, 0.3) is 5.89 Å². The predicted octanol–water partition coefficient (Wildman–Crippen LogP) is 1.95. The van der Waals surface area contributed by atoms with E-state index < -0.39 is 5.97 Å². The fourth-order valence-corrected chi connectivity index (χ4v) is 1.89. The number of hydrogen-bond acceptors (Lipinski definition) is 7. The minimum atomic E-state index is -0.978. The second-order valence-corrected chi connectivity index (χ2v) is 4.36. The average molecular weight is 274 g/mol. The Hall–Kier alpha value is -2.61. The van der Waals surface area contributed by atoms with E-state index in [0.29, 0.717) is 22.2 Å². The topological polar surface area (TPSA) is 102 Å². The summed E-state index contributed by atoms with van der Waals surface area (Å²) in [7, 11) is 0. The van der Waals surface area contributed by atoms with Crippen LogP contribution in [0, 0.1) is 0 Å². The SMILES string of the molecule is O=C(O)c1ccc(-c2nnc(-c3cnns3)o2)cc1. The lowest BCUT2D eigenvalue weighted by molar-refractivity contribution is 0.0697. The third-order valence-electron chi connectivity index (χ3n) is 2.38. The maximum absolute atomic E-state index is 10.7. The molecule has 0 radical (unpaired) electrons. The number of nitrogens with zero attached hydrogens (tertiary/aromatic N) is 4. The van der Waals surface area contributed by atoms with E-state index in [1.54, 1.807) is 12.1 Å². The molecule has 3 aromatic rings. The molecule has 0 amide bonds. The number of carboxylic acids is 1. The first kappa shape index (κ1) is 11.5. The summed E-state index contributed by atoms with van der Waals surface area (Å²) in [5.74, 6) is -0.318. The predicted molar refractivity (Wildman–Crippen MR) is 65.6 cm³/mol. The van der Waals surface area contributed by atoms with Crippen molar-refractivity contribution < 1.29 is 14.3 Å². The van der Waals surface area contributed by atoms with Gasteiger partial charge in [-0.05, 0) is 35.8 Å². The third-order valence-corrected chi connectivity index (χ3v) is 3.03. The zero-order valence-electron chi connectivity index (χ0n) is 9.35. The number of hydrogen-bond donors (Lipinski definition) is 1. The lowest BCUT2D eigenvalue weighted by Crippen LogP contribution is -1.94. The number of benzene rings is 1. The molecule has 0 fully saturated rings. The quantitative estimate of drug-likeness (QED) is 0.778. The van der Waals surface area contributed by atoms with Crippen LogP contribution in [0.4, 0.5) is 0 Å². The minimum absolute atomic E-state index is 0.204. The van der Waals surface area contributed by atoms with E-state index in [1.807, 2.05) is 0 Å². The van der Waals surface area contributed by atoms with Gasteiger partial charge in [-0.15, -0.1) is 15.3 Å². The highest BCUT2D eigenvalue weighted by molar-refractivity contribution is 7.09. The van der Waals surface area contributed by atoms with Crippen LogP contribution >= 0.6 is 11.5 Å². The summed E-state index contributed by atoms with van der Waals surface area (Å²) in [6.45, 7) is 0. The van der Waals surface area contributed by atoms with Crippen molar-refractivity contribution >= 4 is 17.5 Å². The smallest absolute Gasteiger partial charge is 0.335 e. The van der Waals surface area contributed by atoms with E-state index >= 15 is 0 Å². The standard InChI is InChI=1S/C11H6N4O3S/c16-11(17)7-3-1-6(2-4-7)9-13-14-10(18-9)8-5-12-15-19-8/h1-5H,(H,16,17). The zero-order valence-corrected chi connectivity index (χ0v) is 10.2. The Balaban J connectivity index is 1.92. The van der Waals surface area contributed by atoms with Crippen LogP contribution in [0.25, 0.3) is 22.2 Å². The molecule has 0 atom stereocenters. The Morgan fingerprint density at radius 1 is 1.16 bits per heavy atom. The summed E-state index contributed by atoms with van der Waals surface area (Å²) < 4.78 is 9.19. The Morgan fingerprint density at radius 2 is 1.89 bits per heavy atom. The highest BCUT2D eigenvalue weighted by Gasteiger charge is 2.12. The van der Waals surface area contributed by atoms with E-state index in [9.17, 15) is 4.79 Å². The van der Waals surface area contributed by atoms with Gasteiger partial charge in [-0.3, -0.25) is 0 Å². The number of rotatable bonds is 3. The van der Waals surface area contributed by atoms with Crippen LogP contribution in [0.15, 0.2) is 34.9 Å². The van der Waals surface area contributed by atoms with Crippen molar-refractivity contribution in [1.82, 2.24) is 19.8 Å². The van der Waals surface area contributed by atoms with Crippen molar-refractivity contribution in [2.24, 2.45) is 0 Å². The van der Waals surface area contributed by atoms with Crippen LogP contribution in [-0.4, -0.2) is 30.9 Å². The number of carboxylic acid groups (broad SMARTS) is 1. The lowest BCUT2D eigenvalue weighted by Gasteiger charge is -1.96. The van der Waals surface area contributed by atoms with Crippen molar-refractivity contribution in [1.29, 1.82) is 0 Å². The molecule has 7 nitrogen and oxygen atoms in total. The molecule has 94 valence electrons. The molecule has 19 heavy (non-hydrogen) atoms. The molecule has 0 aliphatic carbocycles. The second-order valence-electron chi connectivity index (χ2n) is 3.58. The van der Waals surface area contributed by atoms with Crippen molar-refractivity contribution in [3.8, 4) is 22.2 Å². The van der Waals surface area contributed by atoms with Gasteiger partial charge in [-0.2, -0.15) is 0 Å². The van der Waals surface area contributed by atoms with Gasteiger partial charge >= 0.3 is 5.97 Å². The largest absolute Gasteiger partial charge is 0.478 e. The van der Waals surface area contributed by atoms with Gasteiger partial charge in [0.05, 0.1) is 11.8 Å². The van der Waals surface area contributed by atoms with Gasteiger partial charge in [-0.25, -0.2) is 4.79 Å². The average Bonchev–Trinajstić information content (AvgIpc) is 3.10. The molecule has 0 aliphatic rings. The van der Waals surface area contributed by atoms with Crippen molar-refractivity contribution in [3.63, 3.8) is 0 Å². The van der Waals surface area contributed by atoms with Crippen LogP contribution in [0.1, 0.15) is 10.4 Å². The second kappa shape index (κ2) is 4.58. The normalized spacial score (nSPS) is 10.5. The fourth-order valence-electron chi connectivity index (χ4n) is 1.46. The van der Waals surface area contributed by atoms with Gasteiger partial charge in [-0.1, -0.05) is 4.49 Å². The van der Waals surface area contributed by atoms with Crippen molar-refractivity contribution in [3.05, 3.63) is 36.0 Å². The maximum atomic E-state index is 10.7. The highest BCUT2D eigenvalue weighted by atomic mass is 32.1. The Morgan fingerprint density at radius 3 is 2.53 bits per heavy atom. The molecular formula is C11H6N4O3S. The molecule has 0 unspecified atom stereocenters. The highest BCUT2D eigenvalue weighted by Crippen LogP contribution is 2.25. The third kappa shape index (κ3) is 2.20. The number of aromatic carboxylic acids is 1. The molecule has 0 bridgehead atoms. The first-order chi connectivity index (χ1) is 9.24. The molecule has 3 rings (SSSR count). The van der Waals surface area contributed by atoms with Crippen LogP contribution < -0.4 is 0 Å². The molecule has 0 saturated heterocycles. The van der Waals surface area contributed by atoms with Crippen molar-refractivity contribution in [2.75, 3.05) is 0 Å². The summed E-state index contributed by atoms with van der Waals surface area (Å²) >= 11 is 1.16. The Kier molecular flexibility index (Phi) is 2.76. The Labute approximate surface area is 110 Å². The molecule has 0 aliphatic heterocycles. The molecule has 2 aromatic heterocycles. The van der Waals surface area contributed by atoms with E-state index in [2.05, 4.69) is 19.8 Å². The zero-order chi connectivity index (χ0) is 13.2. The molecule has 1 aromatic carbocycles. The summed E-state index contributed by atoms with van der Waals surface area (Å²) in [6.07, 6.45) is 1.54. The molecular weight excluding hydrogens is 268 g/mol. The summed E-state index contributed by atoms with van der Waals surface area (Å²) in [5, 5.41) is 20.3. The molecule has 0 saturated carbocycles. The number of aromatic nitrogens is 4. The summed E-state index contributed by atoms with van der Waals surface area (Å²) in [4.78, 5) is 11.4. The van der Waals surface area contributed by atoms with Crippen LogP contribution in [0.2, 0.25) is 0 Å². The minimum Gasteiger partial charge on any atom is -0.478 e. The van der Waals surface area contributed by atoms with Gasteiger partial charge in [0.2, 0.25) is 5.89 Å². The van der Waals surface area contributed by atoms with Gasteiger partial charge in [0.1, 0.15) is 4.88 Å². The fraction of sp³-hybridized carbons (Fsp3) is 0. The molecule has 0 spiro atoms. The molecule has 1 N–H and O–H groups in total. The summed E-state index contributed by atoms with van der Waals surface area (Å²) in [5.41, 5.74) is 0.858. The van der Waals surface area contributed by atoms with Crippen LogP contribution in [-0.2, 0) is 0 Å². The van der Waals surface area contributed by atoms with Gasteiger partial charge in [0, 0.05) is 5.56 Å². The first-order valence-corrected chi connectivity index (χ1v) is 5.96. The lowest BCUT2D eigenvalue weighted by atomic mass is 10.1. The van der Waals surface area contributed by atoms with Crippen LogP contribution in [0.3, 0.4) is 0 Å². The Bertz CT molecular complexity index is 706. The van der Waals surface area contributed by atoms with E-state index in [1.165, 1.54) is 18.3 Å². The monoisotopic (exact) mass is 274 g/mol. The van der Waals surface area contributed by atoms with E-state index in [0.717, 1.165) is 11.5 Å². The first-order valence-electron chi connectivity index (χ1n) is 5.19. The van der Waals surface area contributed by atoms with Crippen molar-refractivity contribution in [2.45, 2.75) is 0 Å². The maximum Gasteiger partial charge on any atom is 0.335 e. The number of carbonyl (C=O) groups is 1. The molecule has 2 heterocycles.